The summed E-state index contributed by atoms with van der Waals surface area (Å²) in [6.07, 6.45) is -3.59. The summed E-state index contributed by atoms with van der Waals surface area (Å²) in [5.41, 5.74) is 7.29. The molecule has 29 heavy (non-hydrogen) atoms. The number of hydrogen-bond acceptors (Lipinski definition) is 6. The van der Waals surface area contributed by atoms with E-state index in [0.717, 1.165) is 12.8 Å². The van der Waals surface area contributed by atoms with Crippen LogP contribution < -0.4 is 0 Å². The van der Waals surface area contributed by atoms with E-state index in [4.69, 9.17) is 29.5 Å². The number of fused-ring (bicyclic) bond motifs is 2. The summed E-state index contributed by atoms with van der Waals surface area (Å²) in [7, 11) is 0. The third-order valence-electron chi connectivity index (χ3n) is 7.23. The average Bonchev–Trinajstić information content (AvgIpc) is 2.88. The third-order valence-corrected chi connectivity index (χ3v) is 7.23. The number of ether oxygens (including phenoxy) is 3. The van der Waals surface area contributed by atoms with Crippen LogP contribution in [-0.4, -0.2) is 42.8 Å². The van der Waals surface area contributed by atoms with Crippen LogP contribution in [0.25, 0.3) is 10.4 Å². The molecule has 4 heterocycles. The van der Waals surface area contributed by atoms with E-state index in [-0.39, 0.29) is 18.4 Å². The van der Waals surface area contributed by atoms with Crippen molar-refractivity contribution in [1.29, 1.82) is 0 Å². The van der Waals surface area contributed by atoms with Gasteiger partial charge in [-0.15, -0.1) is 0 Å². The molecule has 1 aliphatic carbocycles. The molecule has 4 saturated heterocycles. The van der Waals surface area contributed by atoms with Gasteiger partial charge in [-0.2, -0.15) is 13.2 Å². The van der Waals surface area contributed by atoms with Gasteiger partial charge in [-0.25, -0.2) is 9.78 Å². The molecule has 1 spiro atoms. The number of azide groups is 1. The highest BCUT2D eigenvalue weighted by Gasteiger charge is 2.77. The molecule has 164 valence electrons. The zero-order valence-corrected chi connectivity index (χ0v) is 16.6. The molecule has 0 aromatic rings. The van der Waals surface area contributed by atoms with Crippen LogP contribution >= 0.6 is 0 Å². The monoisotopic (exact) mass is 421 g/mol. The van der Waals surface area contributed by atoms with Crippen molar-refractivity contribution in [1.82, 2.24) is 0 Å². The van der Waals surface area contributed by atoms with E-state index in [2.05, 4.69) is 16.9 Å². The zero-order valence-electron chi connectivity index (χ0n) is 16.6. The molecule has 5 rings (SSSR count). The van der Waals surface area contributed by atoms with E-state index >= 15 is 0 Å². The number of halogens is 3. The Bertz CT molecular complexity index is 705. The Labute approximate surface area is 166 Å². The molecule has 5 aliphatic rings. The van der Waals surface area contributed by atoms with Gasteiger partial charge in [-0.1, -0.05) is 19.0 Å². The lowest BCUT2D eigenvalue weighted by Crippen LogP contribution is -2.76. The maximum atomic E-state index is 14.4. The first-order chi connectivity index (χ1) is 13.6. The van der Waals surface area contributed by atoms with Gasteiger partial charge in [0.25, 0.3) is 5.79 Å². The van der Waals surface area contributed by atoms with Gasteiger partial charge in [0.2, 0.25) is 5.79 Å². The highest BCUT2D eigenvalue weighted by Crippen LogP contribution is 2.64. The first-order valence-corrected chi connectivity index (χ1v) is 10.0. The average molecular weight is 421 g/mol. The summed E-state index contributed by atoms with van der Waals surface area (Å²) in [5, 5.41) is 3.27. The normalized spacial score (nSPS) is 49.1. The minimum absolute atomic E-state index is 0.0487. The van der Waals surface area contributed by atoms with E-state index in [1.165, 1.54) is 6.92 Å². The summed E-state index contributed by atoms with van der Waals surface area (Å²) in [5.74, 6) is -5.48. The van der Waals surface area contributed by atoms with Crippen molar-refractivity contribution in [2.45, 2.75) is 76.1 Å². The van der Waals surface area contributed by atoms with Gasteiger partial charge in [0, 0.05) is 29.7 Å². The van der Waals surface area contributed by atoms with Crippen LogP contribution in [0.15, 0.2) is 5.11 Å². The first-order valence-electron chi connectivity index (χ1n) is 10.0. The summed E-state index contributed by atoms with van der Waals surface area (Å²) >= 11 is 0. The minimum Gasteiger partial charge on any atom is -0.342 e. The first kappa shape index (κ1) is 21.1. The van der Waals surface area contributed by atoms with E-state index in [0.29, 0.717) is 12.8 Å². The molecule has 0 aromatic heterocycles. The van der Waals surface area contributed by atoms with Crippen LogP contribution in [0.1, 0.15) is 46.5 Å². The van der Waals surface area contributed by atoms with Crippen molar-refractivity contribution in [2.24, 2.45) is 28.8 Å². The van der Waals surface area contributed by atoms with Gasteiger partial charge in [0.15, 0.2) is 11.9 Å². The maximum Gasteiger partial charge on any atom is 0.443 e. The summed E-state index contributed by atoms with van der Waals surface area (Å²) in [6.45, 7) is 4.56. The largest absolute Gasteiger partial charge is 0.443 e. The lowest BCUT2D eigenvalue weighted by atomic mass is 9.57. The predicted molar refractivity (Wildman–Crippen MR) is 91.8 cm³/mol. The molecule has 2 bridgehead atoms. The lowest BCUT2D eigenvalue weighted by molar-refractivity contribution is -0.598. The molecule has 0 aromatic carbocycles. The zero-order chi connectivity index (χ0) is 21.1. The van der Waals surface area contributed by atoms with E-state index < -0.39 is 48.1 Å². The smallest absolute Gasteiger partial charge is 0.342 e. The Morgan fingerprint density at radius 1 is 1.14 bits per heavy atom. The van der Waals surface area contributed by atoms with Crippen LogP contribution in [0.2, 0.25) is 0 Å². The molecule has 1 unspecified atom stereocenters. The fourth-order valence-corrected chi connectivity index (χ4v) is 5.77. The van der Waals surface area contributed by atoms with Crippen molar-refractivity contribution in [3.63, 3.8) is 0 Å². The topological polar surface area (TPSA) is 94.9 Å². The molecule has 0 radical (unpaired) electrons. The van der Waals surface area contributed by atoms with E-state index in [1.807, 2.05) is 0 Å². The molecule has 8 atom stereocenters. The molecule has 11 heteroatoms. The Balaban J connectivity index is 1.76. The molecule has 5 fully saturated rings. The maximum absolute atomic E-state index is 14.4. The number of alkyl halides is 3. The predicted octanol–water partition coefficient (Wildman–Crippen LogP) is 4.45. The lowest BCUT2D eigenvalue weighted by Gasteiger charge is -2.62. The van der Waals surface area contributed by atoms with Gasteiger partial charge in [-0.3, -0.25) is 0 Å². The Kier molecular flexibility index (Phi) is 5.08. The van der Waals surface area contributed by atoms with Crippen LogP contribution in [0.5, 0.6) is 0 Å². The highest BCUT2D eigenvalue weighted by atomic mass is 19.4. The standard InChI is InChI=1S/C18H26F3N3O5/c1-10-4-5-13-11(2)17(18(19,20)21,25-9-8-23-24-22)27-14-16(13)12(10)6-7-15(3,26-14)28-29-16/h10-14H,4-9H2,1-3H3/t10-,11-,12+,13+,14+,15?,16-,17-/m1/s1. The SMILES string of the molecule is C[C@@H]1CC[C@H]2[C@@H](C)[C@](OCCN=[N+]=[N-])(C(F)(F)F)O[C@@H]3OC4(C)CC[C@@H]1[C@]32OO4. The van der Waals surface area contributed by atoms with Crippen LogP contribution in [0.4, 0.5) is 13.2 Å². The molecule has 8 nitrogen and oxygen atoms in total. The fourth-order valence-electron chi connectivity index (χ4n) is 5.77. The van der Waals surface area contributed by atoms with Crippen molar-refractivity contribution >= 4 is 0 Å². The second-order valence-electron chi connectivity index (χ2n) is 8.78. The Hall–Kier alpha value is -1.10. The quantitative estimate of drug-likeness (QED) is 0.220. The van der Waals surface area contributed by atoms with Gasteiger partial charge in [0.1, 0.15) is 0 Å². The van der Waals surface area contributed by atoms with Gasteiger partial charge in [0.05, 0.1) is 6.61 Å². The number of rotatable bonds is 4. The van der Waals surface area contributed by atoms with Crippen molar-refractivity contribution in [2.75, 3.05) is 13.2 Å². The van der Waals surface area contributed by atoms with Gasteiger partial charge < -0.3 is 14.2 Å². The Morgan fingerprint density at radius 2 is 1.90 bits per heavy atom. The van der Waals surface area contributed by atoms with Gasteiger partial charge in [-0.05, 0) is 43.6 Å². The van der Waals surface area contributed by atoms with Crippen molar-refractivity contribution in [3.8, 4) is 0 Å². The minimum atomic E-state index is -4.82. The summed E-state index contributed by atoms with van der Waals surface area (Å²) in [4.78, 5) is 14.0. The van der Waals surface area contributed by atoms with E-state index in [9.17, 15) is 13.2 Å². The second-order valence-corrected chi connectivity index (χ2v) is 8.78. The number of nitrogens with zero attached hydrogens (tertiary/aromatic N) is 3. The Morgan fingerprint density at radius 3 is 2.59 bits per heavy atom. The van der Waals surface area contributed by atoms with Crippen LogP contribution in [0.3, 0.4) is 0 Å². The van der Waals surface area contributed by atoms with Crippen LogP contribution in [-0.2, 0) is 24.0 Å². The third kappa shape index (κ3) is 2.97. The highest BCUT2D eigenvalue weighted by molar-refractivity contribution is 5.12. The molecule has 4 aliphatic heterocycles. The molecular formula is C18H26F3N3O5. The number of hydrogen-bond donors (Lipinski definition) is 0. The van der Waals surface area contributed by atoms with Crippen LogP contribution in [0, 0.1) is 23.7 Å². The van der Waals surface area contributed by atoms with Crippen molar-refractivity contribution in [3.05, 3.63) is 10.4 Å². The fraction of sp³-hybridized carbons (Fsp3) is 1.00. The summed E-state index contributed by atoms with van der Waals surface area (Å²) < 4.78 is 60.1. The second kappa shape index (κ2) is 6.96. The molecule has 0 amide bonds. The summed E-state index contributed by atoms with van der Waals surface area (Å²) in [6, 6.07) is 0. The molecule has 0 N–H and O–H groups in total. The molecule has 1 saturated carbocycles. The molecular weight excluding hydrogens is 395 g/mol. The van der Waals surface area contributed by atoms with E-state index in [1.54, 1.807) is 6.92 Å². The van der Waals surface area contributed by atoms with Gasteiger partial charge >= 0.3 is 6.18 Å². The van der Waals surface area contributed by atoms with Crippen molar-refractivity contribution < 1.29 is 37.2 Å².